The summed E-state index contributed by atoms with van der Waals surface area (Å²) in [5.74, 6) is 1.61. The Morgan fingerprint density at radius 3 is 2.73 bits per heavy atom. The number of benzene rings is 1. The molecule has 1 aliphatic rings. The van der Waals surface area contributed by atoms with Crippen molar-refractivity contribution in [2.45, 2.75) is 20.4 Å². The van der Waals surface area contributed by atoms with Gasteiger partial charge >= 0.3 is 0 Å². The third kappa shape index (κ3) is 4.83. The lowest BCUT2D eigenvalue weighted by Gasteiger charge is -2.36. The van der Waals surface area contributed by atoms with Crippen molar-refractivity contribution in [2.75, 3.05) is 31.1 Å². The molecule has 0 aliphatic carbocycles. The van der Waals surface area contributed by atoms with E-state index in [1.807, 2.05) is 12.1 Å². The predicted octanol–water partition coefficient (Wildman–Crippen LogP) is 2.39. The van der Waals surface area contributed by atoms with Crippen LogP contribution in [0.4, 0.5) is 5.69 Å². The third-order valence-electron chi connectivity index (χ3n) is 4.51. The zero-order valence-electron chi connectivity index (χ0n) is 15.2. The highest BCUT2D eigenvalue weighted by atomic mass is 32.1. The second-order valence-electron chi connectivity index (χ2n) is 6.59. The smallest absolute Gasteiger partial charge is 0.184 e. The summed E-state index contributed by atoms with van der Waals surface area (Å²) >= 11 is 4.70. The number of thiocarbonyl (C=S) groups is 1. The lowest BCUT2D eigenvalue weighted by Crippen LogP contribution is -2.46. The van der Waals surface area contributed by atoms with Crippen molar-refractivity contribution < 1.29 is 4.42 Å². The molecule has 7 heteroatoms. The SMILES string of the molecule is Cc1ccc(C)c(N2CCN(Cc3ccc(/C=N/NC(N)=S)o3)CC2)c1. The Morgan fingerprint density at radius 2 is 2.00 bits per heavy atom. The first-order valence-corrected chi connectivity index (χ1v) is 9.14. The van der Waals surface area contributed by atoms with Gasteiger partial charge in [-0.2, -0.15) is 5.10 Å². The molecule has 1 saturated heterocycles. The van der Waals surface area contributed by atoms with E-state index in [1.165, 1.54) is 16.8 Å². The van der Waals surface area contributed by atoms with Crippen LogP contribution in [0.3, 0.4) is 0 Å². The van der Waals surface area contributed by atoms with Gasteiger partial charge in [0.25, 0.3) is 0 Å². The molecule has 2 heterocycles. The number of hydrogen-bond donors (Lipinski definition) is 2. The molecule has 3 rings (SSSR count). The number of anilines is 1. The van der Waals surface area contributed by atoms with Crippen LogP contribution in [-0.4, -0.2) is 42.4 Å². The number of furan rings is 1. The Morgan fingerprint density at radius 1 is 1.23 bits per heavy atom. The highest BCUT2D eigenvalue weighted by molar-refractivity contribution is 7.80. The van der Waals surface area contributed by atoms with Crippen molar-refractivity contribution in [1.29, 1.82) is 0 Å². The fourth-order valence-corrected chi connectivity index (χ4v) is 3.19. The second kappa shape index (κ2) is 8.33. The maximum absolute atomic E-state index is 5.79. The molecule has 0 radical (unpaired) electrons. The molecule has 0 saturated carbocycles. The first-order chi connectivity index (χ1) is 12.5. The van der Waals surface area contributed by atoms with Gasteiger partial charge in [0.15, 0.2) is 5.11 Å². The molecule has 1 aromatic heterocycles. The van der Waals surface area contributed by atoms with E-state index in [0.29, 0.717) is 5.76 Å². The first kappa shape index (κ1) is 18.4. The van der Waals surface area contributed by atoms with E-state index in [9.17, 15) is 0 Å². The molecule has 1 aromatic carbocycles. The van der Waals surface area contributed by atoms with Gasteiger partial charge in [-0.15, -0.1) is 0 Å². The average Bonchev–Trinajstić information content (AvgIpc) is 3.05. The number of piperazine rings is 1. The Kier molecular flexibility index (Phi) is 5.90. The number of nitrogens with one attached hydrogen (secondary N) is 1. The van der Waals surface area contributed by atoms with Crippen LogP contribution in [0, 0.1) is 13.8 Å². The first-order valence-electron chi connectivity index (χ1n) is 8.73. The lowest BCUT2D eigenvalue weighted by atomic mass is 10.1. The minimum Gasteiger partial charge on any atom is -0.459 e. The molecule has 0 amide bonds. The van der Waals surface area contributed by atoms with Crippen molar-refractivity contribution in [3.05, 3.63) is 53.0 Å². The van der Waals surface area contributed by atoms with Crippen molar-refractivity contribution in [2.24, 2.45) is 10.8 Å². The topological polar surface area (TPSA) is 70.0 Å². The van der Waals surface area contributed by atoms with E-state index >= 15 is 0 Å². The quantitative estimate of drug-likeness (QED) is 0.478. The van der Waals surface area contributed by atoms with E-state index in [1.54, 1.807) is 6.21 Å². The summed E-state index contributed by atoms with van der Waals surface area (Å²) in [5.41, 5.74) is 11.8. The molecule has 2 aromatic rings. The van der Waals surface area contributed by atoms with Crippen LogP contribution in [0.25, 0.3) is 0 Å². The normalized spacial score (nSPS) is 15.5. The summed E-state index contributed by atoms with van der Waals surface area (Å²) in [6.45, 7) is 9.21. The van der Waals surface area contributed by atoms with Crippen molar-refractivity contribution in [3.8, 4) is 0 Å². The maximum Gasteiger partial charge on any atom is 0.184 e. The molecule has 26 heavy (non-hydrogen) atoms. The Hall–Kier alpha value is -2.38. The summed E-state index contributed by atoms with van der Waals surface area (Å²) < 4.78 is 5.79. The van der Waals surface area contributed by atoms with Gasteiger partial charge in [0.1, 0.15) is 11.5 Å². The van der Waals surface area contributed by atoms with Crippen molar-refractivity contribution in [3.63, 3.8) is 0 Å². The summed E-state index contributed by atoms with van der Waals surface area (Å²) in [6, 6.07) is 10.5. The number of nitrogens with zero attached hydrogens (tertiary/aromatic N) is 3. The van der Waals surface area contributed by atoms with E-state index in [0.717, 1.165) is 38.5 Å². The van der Waals surface area contributed by atoms with Gasteiger partial charge in [0.05, 0.1) is 12.8 Å². The van der Waals surface area contributed by atoms with E-state index in [2.05, 4.69) is 52.4 Å². The molecule has 0 atom stereocenters. The highest BCUT2D eigenvalue weighted by Crippen LogP contribution is 2.23. The van der Waals surface area contributed by atoms with Crippen LogP contribution in [-0.2, 0) is 6.54 Å². The van der Waals surface area contributed by atoms with E-state index < -0.39 is 0 Å². The molecule has 6 nitrogen and oxygen atoms in total. The predicted molar refractivity (Wildman–Crippen MR) is 110 cm³/mol. The van der Waals surface area contributed by atoms with Gasteiger partial charge in [0.2, 0.25) is 0 Å². The highest BCUT2D eigenvalue weighted by Gasteiger charge is 2.19. The minimum absolute atomic E-state index is 0.134. The standard InChI is InChI=1S/C19H25N5OS/c1-14-3-4-15(2)18(11-14)24-9-7-23(8-10-24)13-17-6-5-16(25-17)12-21-22-19(20)26/h3-6,11-12H,7-10,13H2,1-2H3,(H3,20,22,26)/b21-12+. The molecular formula is C19H25N5OS. The summed E-state index contributed by atoms with van der Waals surface area (Å²) in [5, 5.41) is 4.04. The number of rotatable bonds is 5. The van der Waals surface area contributed by atoms with E-state index in [-0.39, 0.29) is 5.11 Å². The molecule has 0 bridgehead atoms. The van der Waals surface area contributed by atoms with Crippen LogP contribution in [0.15, 0.2) is 39.9 Å². The maximum atomic E-state index is 5.79. The van der Waals surface area contributed by atoms with Crippen LogP contribution < -0.4 is 16.1 Å². The van der Waals surface area contributed by atoms with Crippen LogP contribution in [0.2, 0.25) is 0 Å². The molecule has 1 fully saturated rings. The number of nitrogens with two attached hydrogens (primary N) is 1. The van der Waals surface area contributed by atoms with Gasteiger partial charge in [-0.3, -0.25) is 10.3 Å². The number of aryl methyl sites for hydroxylation is 2. The van der Waals surface area contributed by atoms with Crippen LogP contribution in [0.1, 0.15) is 22.6 Å². The Balaban J connectivity index is 1.53. The molecule has 1 aliphatic heterocycles. The monoisotopic (exact) mass is 371 g/mol. The molecule has 138 valence electrons. The molecular weight excluding hydrogens is 346 g/mol. The minimum atomic E-state index is 0.134. The summed E-state index contributed by atoms with van der Waals surface area (Å²) in [7, 11) is 0. The number of hydrazone groups is 1. The zero-order valence-corrected chi connectivity index (χ0v) is 16.1. The van der Waals surface area contributed by atoms with Crippen LogP contribution >= 0.6 is 12.2 Å². The molecule has 0 unspecified atom stereocenters. The van der Waals surface area contributed by atoms with Gasteiger partial charge in [-0.1, -0.05) is 12.1 Å². The molecule has 0 spiro atoms. The summed E-state index contributed by atoms with van der Waals surface area (Å²) in [4.78, 5) is 4.88. The molecule has 3 N–H and O–H groups in total. The zero-order chi connectivity index (χ0) is 18.5. The third-order valence-corrected chi connectivity index (χ3v) is 4.60. The van der Waals surface area contributed by atoms with Crippen molar-refractivity contribution >= 4 is 29.2 Å². The Bertz CT molecular complexity index is 793. The fraction of sp³-hybridized carbons (Fsp3) is 0.368. The van der Waals surface area contributed by atoms with Crippen molar-refractivity contribution in [1.82, 2.24) is 10.3 Å². The number of hydrogen-bond acceptors (Lipinski definition) is 5. The Labute approximate surface area is 159 Å². The van der Waals surface area contributed by atoms with Gasteiger partial charge < -0.3 is 15.1 Å². The van der Waals surface area contributed by atoms with Gasteiger partial charge in [0, 0.05) is 31.9 Å². The summed E-state index contributed by atoms with van der Waals surface area (Å²) in [6.07, 6.45) is 1.57. The largest absolute Gasteiger partial charge is 0.459 e. The van der Waals surface area contributed by atoms with Crippen LogP contribution in [0.5, 0.6) is 0 Å². The van der Waals surface area contributed by atoms with E-state index in [4.69, 9.17) is 22.4 Å². The average molecular weight is 372 g/mol. The second-order valence-corrected chi connectivity index (χ2v) is 7.03. The lowest BCUT2D eigenvalue weighted by molar-refractivity contribution is 0.230. The van der Waals surface area contributed by atoms with Gasteiger partial charge in [-0.05, 0) is 55.4 Å². The fourth-order valence-electron chi connectivity index (χ4n) is 3.14. The van der Waals surface area contributed by atoms with Gasteiger partial charge in [-0.25, -0.2) is 0 Å².